The lowest BCUT2D eigenvalue weighted by Gasteiger charge is -2.24. The fraction of sp³-hybridized carbons (Fsp3) is 0.381. The molecule has 1 N–H and O–H groups in total. The van der Waals surface area contributed by atoms with E-state index in [2.05, 4.69) is 24.4 Å². The second kappa shape index (κ2) is 8.23. The Balaban J connectivity index is 1.71. The van der Waals surface area contributed by atoms with Gasteiger partial charge in [0.15, 0.2) is 0 Å². The van der Waals surface area contributed by atoms with E-state index < -0.39 is 0 Å². The lowest BCUT2D eigenvalue weighted by molar-refractivity contribution is 0.152. The van der Waals surface area contributed by atoms with Gasteiger partial charge in [-0.05, 0) is 48.7 Å². The molecule has 1 aliphatic rings. The molecule has 0 fully saturated rings. The highest BCUT2D eigenvalue weighted by Gasteiger charge is 2.20. The van der Waals surface area contributed by atoms with Crippen molar-refractivity contribution in [3.8, 4) is 5.75 Å². The van der Waals surface area contributed by atoms with Crippen molar-refractivity contribution in [1.82, 2.24) is 4.90 Å². The molecule has 1 atom stereocenters. The Bertz CT molecular complexity index is 776. The van der Waals surface area contributed by atoms with Crippen LogP contribution in [0.3, 0.4) is 0 Å². The number of aryl methyl sites for hydroxylation is 1. The molecule has 0 aliphatic carbocycles. The number of anilines is 1. The number of hydrogen-bond donors (Lipinski definition) is 1. The van der Waals surface area contributed by atoms with Gasteiger partial charge in [-0.2, -0.15) is 0 Å². The third kappa shape index (κ3) is 4.35. The SMILES string of the molecule is COCCN(Cc1ccccc1C)C(=O)Nc1ccc2c(c1)C[C@@H](C)O2. The van der Waals surface area contributed by atoms with Crippen LogP contribution in [0.15, 0.2) is 42.5 Å². The number of carbonyl (C=O) groups is 1. The van der Waals surface area contributed by atoms with Gasteiger partial charge >= 0.3 is 6.03 Å². The zero-order valence-corrected chi connectivity index (χ0v) is 15.6. The van der Waals surface area contributed by atoms with E-state index in [9.17, 15) is 4.79 Å². The van der Waals surface area contributed by atoms with Crippen LogP contribution in [-0.2, 0) is 17.7 Å². The summed E-state index contributed by atoms with van der Waals surface area (Å²) < 4.78 is 10.9. The molecule has 2 aromatic carbocycles. The summed E-state index contributed by atoms with van der Waals surface area (Å²) in [6.45, 7) is 5.68. The molecule has 5 nitrogen and oxygen atoms in total. The first-order chi connectivity index (χ1) is 12.6. The lowest BCUT2D eigenvalue weighted by atomic mass is 10.1. The van der Waals surface area contributed by atoms with Crippen molar-refractivity contribution >= 4 is 11.7 Å². The van der Waals surface area contributed by atoms with Gasteiger partial charge in [-0.25, -0.2) is 4.79 Å². The van der Waals surface area contributed by atoms with Gasteiger partial charge in [0.25, 0.3) is 0 Å². The Hall–Kier alpha value is -2.53. The quantitative estimate of drug-likeness (QED) is 0.853. The van der Waals surface area contributed by atoms with Gasteiger partial charge in [0.05, 0.1) is 6.61 Å². The number of carbonyl (C=O) groups excluding carboxylic acids is 1. The molecule has 0 saturated heterocycles. The first-order valence-electron chi connectivity index (χ1n) is 8.96. The monoisotopic (exact) mass is 354 g/mol. The van der Waals surface area contributed by atoms with Crippen molar-refractivity contribution in [3.63, 3.8) is 0 Å². The summed E-state index contributed by atoms with van der Waals surface area (Å²) in [6.07, 6.45) is 1.06. The van der Waals surface area contributed by atoms with Crippen LogP contribution >= 0.6 is 0 Å². The van der Waals surface area contributed by atoms with E-state index in [0.29, 0.717) is 19.7 Å². The first-order valence-corrected chi connectivity index (χ1v) is 8.96. The zero-order valence-electron chi connectivity index (χ0n) is 15.6. The van der Waals surface area contributed by atoms with E-state index in [0.717, 1.165) is 29.0 Å². The third-order valence-electron chi connectivity index (χ3n) is 4.62. The molecule has 5 heteroatoms. The summed E-state index contributed by atoms with van der Waals surface area (Å²) in [6, 6.07) is 13.8. The van der Waals surface area contributed by atoms with E-state index in [1.807, 2.05) is 37.3 Å². The van der Waals surface area contributed by atoms with Crippen molar-refractivity contribution in [2.24, 2.45) is 0 Å². The maximum Gasteiger partial charge on any atom is 0.322 e. The van der Waals surface area contributed by atoms with Crippen LogP contribution in [0.4, 0.5) is 10.5 Å². The standard InChI is InChI=1S/C21H26N2O3/c1-15-6-4-5-7-17(15)14-23(10-11-25-3)21(24)22-19-8-9-20-18(13-19)12-16(2)26-20/h4-9,13,16H,10-12,14H2,1-3H3,(H,22,24)/t16-/m1/s1. The zero-order chi connectivity index (χ0) is 18.5. The maximum absolute atomic E-state index is 12.8. The van der Waals surface area contributed by atoms with E-state index in [4.69, 9.17) is 9.47 Å². The Labute approximate surface area is 154 Å². The van der Waals surface area contributed by atoms with Crippen molar-refractivity contribution in [2.75, 3.05) is 25.6 Å². The van der Waals surface area contributed by atoms with Crippen LogP contribution < -0.4 is 10.1 Å². The largest absolute Gasteiger partial charge is 0.490 e. The summed E-state index contributed by atoms with van der Waals surface area (Å²) in [4.78, 5) is 14.6. The van der Waals surface area contributed by atoms with Crippen LogP contribution in [0.1, 0.15) is 23.6 Å². The Kier molecular flexibility index (Phi) is 5.78. The summed E-state index contributed by atoms with van der Waals surface area (Å²) in [5.41, 5.74) is 4.23. The number of ether oxygens (including phenoxy) is 2. The number of benzene rings is 2. The Morgan fingerprint density at radius 3 is 2.88 bits per heavy atom. The van der Waals surface area contributed by atoms with Crippen LogP contribution in [0.25, 0.3) is 0 Å². The molecule has 1 aliphatic heterocycles. The average Bonchev–Trinajstić information content (AvgIpc) is 2.99. The number of urea groups is 1. The molecule has 2 amide bonds. The Morgan fingerprint density at radius 1 is 1.31 bits per heavy atom. The highest BCUT2D eigenvalue weighted by atomic mass is 16.5. The highest BCUT2D eigenvalue weighted by Crippen LogP contribution is 2.31. The van der Waals surface area contributed by atoms with Crippen molar-refractivity contribution in [2.45, 2.75) is 32.9 Å². The molecule has 26 heavy (non-hydrogen) atoms. The smallest absolute Gasteiger partial charge is 0.322 e. The van der Waals surface area contributed by atoms with Crippen molar-refractivity contribution in [3.05, 3.63) is 59.2 Å². The molecular formula is C21H26N2O3. The predicted octanol–water partition coefficient (Wildman–Crippen LogP) is 4.00. The van der Waals surface area contributed by atoms with Gasteiger partial charge in [-0.3, -0.25) is 0 Å². The first kappa shape index (κ1) is 18.3. The summed E-state index contributed by atoms with van der Waals surface area (Å²) in [5.74, 6) is 0.909. The van der Waals surface area contributed by atoms with Crippen LogP contribution in [0.2, 0.25) is 0 Å². The topological polar surface area (TPSA) is 50.8 Å². The number of nitrogens with one attached hydrogen (secondary N) is 1. The van der Waals surface area contributed by atoms with Crippen LogP contribution in [0.5, 0.6) is 5.75 Å². The molecule has 0 radical (unpaired) electrons. The maximum atomic E-state index is 12.8. The molecule has 0 saturated carbocycles. The van der Waals surface area contributed by atoms with Crippen LogP contribution in [0, 0.1) is 6.92 Å². The van der Waals surface area contributed by atoms with E-state index in [1.54, 1.807) is 12.0 Å². The number of amides is 2. The van der Waals surface area contributed by atoms with E-state index in [-0.39, 0.29) is 12.1 Å². The van der Waals surface area contributed by atoms with Crippen molar-refractivity contribution < 1.29 is 14.3 Å². The number of nitrogens with zero attached hydrogens (tertiary/aromatic N) is 1. The highest BCUT2D eigenvalue weighted by molar-refractivity contribution is 5.89. The van der Waals surface area contributed by atoms with E-state index in [1.165, 1.54) is 5.56 Å². The number of rotatable bonds is 6. The molecule has 2 aromatic rings. The van der Waals surface area contributed by atoms with E-state index >= 15 is 0 Å². The molecule has 3 rings (SSSR count). The summed E-state index contributed by atoms with van der Waals surface area (Å²) in [5, 5.41) is 3.01. The molecule has 0 bridgehead atoms. The second-order valence-electron chi connectivity index (χ2n) is 6.73. The molecule has 0 unspecified atom stereocenters. The number of fused-ring (bicyclic) bond motifs is 1. The molecule has 0 spiro atoms. The predicted molar refractivity (Wildman–Crippen MR) is 103 cm³/mol. The van der Waals surface area contributed by atoms with Gasteiger partial charge in [0.1, 0.15) is 11.9 Å². The molecule has 138 valence electrons. The van der Waals surface area contributed by atoms with Crippen LogP contribution in [-0.4, -0.2) is 37.3 Å². The normalized spacial score (nSPS) is 15.3. The van der Waals surface area contributed by atoms with Gasteiger partial charge in [0, 0.05) is 32.3 Å². The third-order valence-corrected chi connectivity index (χ3v) is 4.62. The summed E-state index contributed by atoms with van der Waals surface area (Å²) >= 11 is 0. The molecular weight excluding hydrogens is 328 g/mol. The minimum absolute atomic E-state index is 0.128. The van der Waals surface area contributed by atoms with Gasteiger partial charge in [-0.1, -0.05) is 24.3 Å². The van der Waals surface area contributed by atoms with Gasteiger partial charge in [0.2, 0.25) is 0 Å². The fourth-order valence-corrected chi connectivity index (χ4v) is 3.15. The van der Waals surface area contributed by atoms with Gasteiger partial charge < -0.3 is 19.7 Å². The lowest BCUT2D eigenvalue weighted by Crippen LogP contribution is -2.37. The molecule has 0 aromatic heterocycles. The number of hydrogen-bond acceptors (Lipinski definition) is 3. The minimum atomic E-state index is -0.128. The second-order valence-corrected chi connectivity index (χ2v) is 6.73. The summed E-state index contributed by atoms with van der Waals surface area (Å²) in [7, 11) is 1.64. The Morgan fingerprint density at radius 2 is 2.12 bits per heavy atom. The fourth-order valence-electron chi connectivity index (χ4n) is 3.15. The van der Waals surface area contributed by atoms with Crippen molar-refractivity contribution in [1.29, 1.82) is 0 Å². The number of methoxy groups -OCH3 is 1. The average molecular weight is 354 g/mol. The van der Waals surface area contributed by atoms with Gasteiger partial charge in [-0.15, -0.1) is 0 Å². The molecule has 1 heterocycles. The minimum Gasteiger partial charge on any atom is -0.490 e.